The van der Waals surface area contributed by atoms with Crippen LogP contribution in [0.25, 0.3) is 0 Å². The zero-order chi connectivity index (χ0) is 14.3. The van der Waals surface area contributed by atoms with Gasteiger partial charge in [0.2, 0.25) is 11.8 Å². The van der Waals surface area contributed by atoms with Gasteiger partial charge in [-0.2, -0.15) is 4.98 Å². The molecule has 0 bridgehead atoms. The average Bonchev–Trinajstić information content (AvgIpc) is 2.73. The minimum absolute atomic E-state index is 0. The predicted octanol–water partition coefficient (Wildman–Crippen LogP) is 2.05. The molecule has 2 rings (SSSR count). The van der Waals surface area contributed by atoms with Crippen molar-refractivity contribution in [3.8, 4) is 0 Å². The van der Waals surface area contributed by atoms with Gasteiger partial charge in [0.05, 0.1) is 5.54 Å². The summed E-state index contributed by atoms with van der Waals surface area (Å²) in [5, 5.41) is 6.80. The van der Waals surface area contributed by atoms with Crippen LogP contribution in [-0.4, -0.2) is 16.0 Å². The number of amides is 1. The van der Waals surface area contributed by atoms with Gasteiger partial charge in [0.25, 0.3) is 0 Å². The molecule has 0 aliphatic heterocycles. The van der Waals surface area contributed by atoms with E-state index in [9.17, 15) is 4.79 Å². The molecule has 20 heavy (non-hydrogen) atoms. The van der Waals surface area contributed by atoms with Crippen LogP contribution in [0, 0.1) is 5.41 Å². The molecule has 114 valence electrons. The maximum atomic E-state index is 11.9. The van der Waals surface area contributed by atoms with Crippen molar-refractivity contribution >= 4 is 18.3 Å². The molecule has 7 heteroatoms. The normalized spacial score (nSPS) is 18.6. The fourth-order valence-electron chi connectivity index (χ4n) is 1.87. The highest BCUT2D eigenvalue weighted by atomic mass is 35.5. The van der Waals surface area contributed by atoms with Crippen molar-refractivity contribution in [2.75, 3.05) is 0 Å². The number of nitrogens with two attached hydrogens (primary N) is 1. The van der Waals surface area contributed by atoms with E-state index in [1.165, 1.54) is 0 Å². The van der Waals surface area contributed by atoms with Gasteiger partial charge in [0, 0.05) is 5.41 Å². The van der Waals surface area contributed by atoms with Crippen molar-refractivity contribution in [2.45, 2.75) is 58.5 Å². The molecule has 1 aliphatic carbocycles. The second kappa shape index (κ2) is 5.69. The van der Waals surface area contributed by atoms with E-state index in [0.717, 1.165) is 19.3 Å². The first-order valence-corrected chi connectivity index (χ1v) is 6.66. The lowest BCUT2D eigenvalue weighted by Crippen LogP contribution is -2.44. The van der Waals surface area contributed by atoms with Gasteiger partial charge in [-0.1, -0.05) is 25.9 Å². The zero-order valence-electron chi connectivity index (χ0n) is 12.4. The molecule has 0 spiro atoms. The Hall–Kier alpha value is -1.14. The molecule has 6 nitrogen and oxygen atoms in total. The number of nitrogens with zero attached hydrogens (tertiary/aromatic N) is 2. The summed E-state index contributed by atoms with van der Waals surface area (Å²) in [6.45, 7) is 7.40. The summed E-state index contributed by atoms with van der Waals surface area (Å²) in [6, 6.07) is -0.309. The summed E-state index contributed by atoms with van der Waals surface area (Å²) >= 11 is 0. The van der Waals surface area contributed by atoms with E-state index in [4.69, 9.17) is 10.3 Å². The topological polar surface area (TPSA) is 94.0 Å². The fraction of sp³-hybridized carbons (Fsp3) is 0.769. The molecule has 1 aromatic heterocycles. The second-order valence-corrected chi connectivity index (χ2v) is 6.41. The third kappa shape index (κ3) is 3.30. The minimum atomic E-state index is -0.444. The number of hydrogen-bond acceptors (Lipinski definition) is 5. The van der Waals surface area contributed by atoms with Crippen LogP contribution in [0.5, 0.6) is 0 Å². The van der Waals surface area contributed by atoms with Gasteiger partial charge in [0.15, 0.2) is 5.82 Å². The van der Waals surface area contributed by atoms with Crippen molar-refractivity contribution in [3.05, 3.63) is 11.7 Å². The number of nitrogens with one attached hydrogen (secondary N) is 1. The Kier molecular flexibility index (Phi) is 4.82. The summed E-state index contributed by atoms with van der Waals surface area (Å²) in [7, 11) is 0. The Balaban J connectivity index is 0.00000200. The molecule has 1 saturated carbocycles. The van der Waals surface area contributed by atoms with E-state index in [-0.39, 0.29) is 24.4 Å². The summed E-state index contributed by atoms with van der Waals surface area (Å²) < 4.78 is 5.21. The Morgan fingerprint density at radius 2 is 2.05 bits per heavy atom. The van der Waals surface area contributed by atoms with Gasteiger partial charge in [0.1, 0.15) is 6.04 Å². The summed E-state index contributed by atoms with van der Waals surface area (Å²) in [5.74, 6) is 0.904. The first kappa shape index (κ1) is 16.9. The van der Waals surface area contributed by atoms with Crippen LogP contribution in [0.15, 0.2) is 4.52 Å². The quantitative estimate of drug-likeness (QED) is 0.891. The molecular weight excluding hydrogens is 280 g/mol. The first-order chi connectivity index (χ1) is 8.72. The van der Waals surface area contributed by atoms with E-state index < -0.39 is 11.0 Å². The summed E-state index contributed by atoms with van der Waals surface area (Å²) in [6.07, 6.45) is 2.86. The molecule has 1 fully saturated rings. The Bertz CT molecular complexity index is 477. The smallest absolute Gasteiger partial charge is 0.248 e. The van der Waals surface area contributed by atoms with Crippen LogP contribution >= 0.6 is 12.4 Å². The lowest BCUT2D eigenvalue weighted by atomic mass is 9.77. The maximum absolute atomic E-state index is 11.9. The number of hydrogen-bond donors (Lipinski definition) is 2. The molecule has 1 aromatic rings. The molecule has 1 amide bonds. The van der Waals surface area contributed by atoms with Gasteiger partial charge < -0.3 is 15.6 Å². The largest absolute Gasteiger partial charge is 0.344 e. The van der Waals surface area contributed by atoms with Crippen molar-refractivity contribution in [1.82, 2.24) is 15.5 Å². The van der Waals surface area contributed by atoms with Gasteiger partial charge >= 0.3 is 0 Å². The van der Waals surface area contributed by atoms with Crippen LogP contribution in [0.2, 0.25) is 0 Å². The van der Waals surface area contributed by atoms with E-state index >= 15 is 0 Å². The summed E-state index contributed by atoms with van der Waals surface area (Å²) in [5.41, 5.74) is 5.26. The predicted molar refractivity (Wildman–Crippen MR) is 77.3 cm³/mol. The van der Waals surface area contributed by atoms with E-state index in [1.807, 2.05) is 27.7 Å². The third-order valence-corrected chi connectivity index (χ3v) is 3.53. The maximum Gasteiger partial charge on any atom is 0.248 e. The molecule has 0 aromatic carbocycles. The Morgan fingerprint density at radius 3 is 2.50 bits per heavy atom. The Morgan fingerprint density at radius 1 is 1.45 bits per heavy atom. The standard InChI is InChI=1S/C13H22N4O2.ClH/c1-8(15-11(18)12(2,3)4)9-16-10(17-19-9)13(14)6-5-7-13;/h8H,5-7,14H2,1-4H3,(H,15,18);1H. The van der Waals surface area contributed by atoms with Crippen molar-refractivity contribution in [2.24, 2.45) is 11.1 Å². The zero-order valence-corrected chi connectivity index (χ0v) is 13.2. The molecule has 1 aliphatic rings. The van der Waals surface area contributed by atoms with Gasteiger partial charge in [-0.3, -0.25) is 4.79 Å². The van der Waals surface area contributed by atoms with Crippen LogP contribution in [0.4, 0.5) is 0 Å². The van der Waals surface area contributed by atoms with Crippen LogP contribution < -0.4 is 11.1 Å². The highest BCUT2D eigenvalue weighted by Crippen LogP contribution is 2.37. The van der Waals surface area contributed by atoms with Gasteiger partial charge in [-0.15, -0.1) is 12.4 Å². The molecule has 1 heterocycles. The number of carbonyl (C=O) groups is 1. The lowest BCUT2D eigenvalue weighted by Gasteiger charge is -2.34. The molecule has 0 radical (unpaired) electrons. The third-order valence-electron chi connectivity index (χ3n) is 3.53. The second-order valence-electron chi connectivity index (χ2n) is 6.41. The van der Waals surface area contributed by atoms with E-state index in [1.54, 1.807) is 0 Å². The van der Waals surface area contributed by atoms with Crippen LogP contribution in [0.3, 0.4) is 0 Å². The molecule has 3 N–H and O–H groups in total. The highest BCUT2D eigenvalue weighted by molar-refractivity contribution is 5.85. The Labute approximate surface area is 125 Å². The van der Waals surface area contributed by atoms with Gasteiger partial charge in [-0.05, 0) is 26.2 Å². The van der Waals surface area contributed by atoms with E-state index in [0.29, 0.717) is 11.7 Å². The van der Waals surface area contributed by atoms with Crippen LogP contribution in [-0.2, 0) is 10.3 Å². The number of rotatable bonds is 3. The molecule has 1 atom stereocenters. The lowest BCUT2D eigenvalue weighted by molar-refractivity contribution is -0.129. The SMILES string of the molecule is CC(NC(=O)C(C)(C)C)c1nc(C2(N)CCC2)no1.Cl. The fourth-order valence-corrected chi connectivity index (χ4v) is 1.87. The number of carbonyl (C=O) groups excluding carboxylic acids is 1. The van der Waals surface area contributed by atoms with Crippen molar-refractivity contribution < 1.29 is 9.32 Å². The number of aromatic nitrogens is 2. The summed E-state index contributed by atoms with van der Waals surface area (Å²) in [4.78, 5) is 16.2. The number of halogens is 1. The van der Waals surface area contributed by atoms with E-state index in [2.05, 4.69) is 15.5 Å². The van der Waals surface area contributed by atoms with Crippen LogP contribution in [0.1, 0.15) is 64.7 Å². The van der Waals surface area contributed by atoms with Gasteiger partial charge in [-0.25, -0.2) is 0 Å². The van der Waals surface area contributed by atoms with Crippen molar-refractivity contribution in [3.63, 3.8) is 0 Å². The highest BCUT2D eigenvalue weighted by Gasteiger charge is 2.39. The monoisotopic (exact) mass is 302 g/mol. The van der Waals surface area contributed by atoms with Crippen molar-refractivity contribution in [1.29, 1.82) is 0 Å². The average molecular weight is 303 g/mol. The molecule has 1 unspecified atom stereocenters. The first-order valence-electron chi connectivity index (χ1n) is 6.66. The molecule has 0 saturated heterocycles. The molecular formula is C13H23ClN4O2. The minimum Gasteiger partial charge on any atom is -0.344 e.